The van der Waals surface area contributed by atoms with Gasteiger partial charge in [0.15, 0.2) is 5.11 Å². The van der Waals surface area contributed by atoms with Crippen LogP contribution in [0.15, 0.2) is 66.9 Å². The summed E-state index contributed by atoms with van der Waals surface area (Å²) in [5.74, 6) is 0.475. The lowest BCUT2D eigenvalue weighted by Crippen LogP contribution is -2.29. The second-order valence-corrected chi connectivity index (χ2v) is 10.7. The molecule has 40 heavy (non-hydrogen) atoms. The molecule has 0 bridgehead atoms. The van der Waals surface area contributed by atoms with Gasteiger partial charge in [-0.15, -0.1) is 0 Å². The van der Waals surface area contributed by atoms with E-state index in [9.17, 15) is 4.79 Å². The minimum Gasteiger partial charge on any atom is -0.494 e. The minimum atomic E-state index is -0.206. The van der Waals surface area contributed by atoms with Crippen LogP contribution in [0.4, 0.5) is 11.4 Å². The number of hydrogen-bond donors (Lipinski definition) is 2. The van der Waals surface area contributed by atoms with Crippen LogP contribution in [0.5, 0.6) is 5.75 Å². The number of aromatic nitrogens is 2. The van der Waals surface area contributed by atoms with Crippen molar-refractivity contribution in [1.29, 1.82) is 0 Å². The number of methoxy groups -OCH3 is 1. The smallest absolute Gasteiger partial charge is 0.224 e. The van der Waals surface area contributed by atoms with Gasteiger partial charge >= 0.3 is 0 Å². The Morgan fingerprint density at radius 3 is 2.62 bits per heavy atom. The average Bonchev–Trinajstić information content (AvgIpc) is 3.45. The molecule has 1 aliphatic heterocycles. The molecule has 2 N–H and O–H groups in total. The average molecular weight is 574 g/mol. The van der Waals surface area contributed by atoms with Crippen molar-refractivity contribution in [3.8, 4) is 11.4 Å². The van der Waals surface area contributed by atoms with E-state index in [4.69, 9.17) is 28.6 Å². The van der Waals surface area contributed by atoms with E-state index in [0.29, 0.717) is 28.0 Å². The zero-order valence-electron chi connectivity index (χ0n) is 23.2. The Kier molecular flexibility index (Phi) is 7.83. The van der Waals surface area contributed by atoms with E-state index in [-0.39, 0.29) is 18.0 Å². The lowest BCUT2D eigenvalue weighted by Gasteiger charge is -2.29. The Morgan fingerprint density at radius 2 is 1.93 bits per heavy atom. The molecule has 4 aromatic rings. The Morgan fingerprint density at radius 1 is 1.12 bits per heavy atom. The first-order chi connectivity index (χ1) is 19.2. The van der Waals surface area contributed by atoms with Crippen LogP contribution in [0.2, 0.25) is 5.02 Å². The highest BCUT2D eigenvalue weighted by atomic mass is 35.5. The van der Waals surface area contributed by atoms with Gasteiger partial charge in [-0.05, 0) is 86.6 Å². The predicted octanol–water partition coefficient (Wildman–Crippen LogP) is 6.99. The molecule has 9 heteroatoms. The summed E-state index contributed by atoms with van der Waals surface area (Å²) in [5.41, 5.74) is 7.81. The summed E-state index contributed by atoms with van der Waals surface area (Å²) in [5, 5.41) is 7.71. The Hall–Kier alpha value is -3.88. The maximum Gasteiger partial charge on any atom is 0.224 e. The number of nitrogens with one attached hydrogen (secondary N) is 2. The van der Waals surface area contributed by atoms with Crippen LogP contribution in [0.25, 0.3) is 5.69 Å². The quantitative estimate of drug-likeness (QED) is 0.232. The van der Waals surface area contributed by atoms with E-state index in [2.05, 4.69) is 51.9 Å². The second kappa shape index (κ2) is 11.3. The van der Waals surface area contributed by atoms with Gasteiger partial charge in [-0.3, -0.25) is 9.78 Å². The third-order valence-electron chi connectivity index (χ3n) is 7.36. The number of hydrogen-bond acceptors (Lipinski definition) is 4. The van der Waals surface area contributed by atoms with Crippen LogP contribution >= 0.6 is 23.8 Å². The molecule has 1 saturated heterocycles. The van der Waals surface area contributed by atoms with Gasteiger partial charge in [0, 0.05) is 46.5 Å². The SMILES string of the molecule is CCC(=O)Nc1ccc(N2C(=S)N[C@H](c3ccccn3)[C@@H]2c2cc(C)n(-c3cc(Cl)ccc3C)c2C)cc1OC. The van der Waals surface area contributed by atoms with Crippen molar-refractivity contribution in [3.63, 3.8) is 0 Å². The number of pyridine rings is 1. The van der Waals surface area contributed by atoms with Crippen molar-refractivity contribution in [2.24, 2.45) is 0 Å². The lowest BCUT2D eigenvalue weighted by atomic mass is 9.96. The van der Waals surface area contributed by atoms with E-state index < -0.39 is 0 Å². The van der Waals surface area contributed by atoms with Crippen LogP contribution < -0.4 is 20.3 Å². The topological polar surface area (TPSA) is 71.4 Å². The molecular formula is C31H32ClN5O2S. The summed E-state index contributed by atoms with van der Waals surface area (Å²) in [6.45, 7) is 8.13. The number of rotatable bonds is 7. The van der Waals surface area contributed by atoms with E-state index in [0.717, 1.165) is 39.6 Å². The summed E-state index contributed by atoms with van der Waals surface area (Å²) in [4.78, 5) is 18.9. The number of nitrogens with zero attached hydrogens (tertiary/aromatic N) is 3. The van der Waals surface area contributed by atoms with Crippen LogP contribution in [0.3, 0.4) is 0 Å². The standard InChI is InChI=1S/C31H32ClN5O2S/c1-6-28(38)34-24-13-12-22(17-27(24)39-5)37-30(29(35-31(37)40)25-9-7-8-14-33-25)23-15-19(3)36(20(23)4)26-16-21(32)11-10-18(26)2/h7-17,29-30H,6H2,1-5H3,(H,34,38)(H,35,40)/t29-,30+/m1/s1. The number of aryl methyl sites for hydroxylation is 2. The molecule has 0 aliphatic carbocycles. The first kappa shape index (κ1) is 27.7. The van der Waals surface area contributed by atoms with Gasteiger partial charge in [0.25, 0.3) is 0 Å². The number of carbonyl (C=O) groups excluding carboxylic acids is 1. The molecule has 3 heterocycles. The van der Waals surface area contributed by atoms with Gasteiger partial charge < -0.3 is 24.8 Å². The van der Waals surface area contributed by atoms with E-state index >= 15 is 0 Å². The molecule has 7 nitrogen and oxygen atoms in total. The fraction of sp³-hybridized carbons (Fsp3) is 0.258. The zero-order valence-corrected chi connectivity index (χ0v) is 24.7. The van der Waals surface area contributed by atoms with Gasteiger partial charge in [0.2, 0.25) is 5.91 Å². The molecule has 1 aliphatic rings. The van der Waals surface area contributed by atoms with E-state index in [1.54, 1.807) is 13.3 Å². The minimum absolute atomic E-state index is 0.0822. The molecule has 1 fully saturated rings. The van der Waals surface area contributed by atoms with Gasteiger partial charge in [-0.25, -0.2) is 0 Å². The summed E-state index contributed by atoms with van der Waals surface area (Å²) in [6.07, 6.45) is 2.17. The monoisotopic (exact) mass is 573 g/mol. The molecule has 1 amide bonds. The normalized spacial score (nSPS) is 16.6. The van der Waals surface area contributed by atoms with Crippen molar-refractivity contribution < 1.29 is 9.53 Å². The largest absolute Gasteiger partial charge is 0.494 e. The fourth-order valence-electron chi connectivity index (χ4n) is 5.40. The zero-order chi connectivity index (χ0) is 28.6. The van der Waals surface area contributed by atoms with E-state index in [1.807, 2.05) is 61.5 Å². The molecule has 206 valence electrons. The molecule has 2 aromatic heterocycles. The summed E-state index contributed by atoms with van der Waals surface area (Å²) in [7, 11) is 1.59. The fourth-order valence-corrected chi connectivity index (χ4v) is 5.91. The Bertz CT molecular complexity index is 1590. The molecule has 0 unspecified atom stereocenters. The highest BCUT2D eigenvalue weighted by molar-refractivity contribution is 7.80. The molecule has 2 atom stereocenters. The van der Waals surface area contributed by atoms with Crippen LogP contribution in [-0.4, -0.2) is 27.7 Å². The third-order valence-corrected chi connectivity index (χ3v) is 7.91. The van der Waals surface area contributed by atoms with Crippen molar-refractivity contribution in [3.05, 3.63) is 100 Å². The summed E-state index contributed by atoms with van der Waals surface area (Å²) >= 11 is 12.4. The molecule has 2 aromatic carbocycles. The molecular weight excluding hydrogens is 542 g/mol. The number of anilines is 2. The Labute approximate surface area is 245 Å². The maximum atomic E-state index is 12.1. The molecule has 0 saturated carbocycles. The van der Waals surface area contributed by atoms with Gasteiger partial charge in [-0.1, -0.05) is 30.7 Å². The second-order valence-electron chi connectivity index (χ2n) is 9.88. The highest BCUT2D eigenvalue weighted by Crippen LogP contribution is 2.45. The van der Waals surface area contributed by atoms with Crippen molar-refractivity contribution in [2.75, 3.05) is 17.3 Å². The van der Waals surface area contributed by atoms with Gasteiger partial charge in [-0.2, -0.15) is 0 Å². The molecule has 5 rings (SSSR count). The predicted molar refractivity (Wildman–Crippen MR) is 165 cm³/mol. The molecule has 0 spiro atoms. The first-order valence-corrected chi connectivity index (χ1v) is 14.0. The number of halogens is 1. The summed E-state index contributed by atoms with van der Waals surface area (Å²) < 4.78 is 7.92. The number of thiocarbonyl (C=S) groups is 1. The van der Waals surface area contributed by atoms with Gasteiger partial charge in [0.1, 0.15) is 5.75 Å². The van der Waals surface area contributed by atoms with Crippen LogP contribution in [-0.2, 0) is 4.79 Å². The van der Waals surface area contributed by atoms with Crippen molar-refractivity contribution in [2.45, 2.75) is 46.2 Å². The van der Waals surface area contributed by atoms with Gasteiger partial charge in [0.05, 0.1) is 30.6 Å². The third kappa shape index (κ3) is 5.05. The van der Waals surface area contributed by atoms with Crippen molar-refractivity contribution in [1.82, 2.24) is 14.9 Å². The maximum absolute atomic E-state index is 12.1. The van der Waals surface area contributed by atoms with Crippen LogP contribution in [0.1, 0.15) is 53.6 Å². The van der Waals surface area contributed by atoms with Crippen molar-refractivity contribution >= 4 is 46.2 Å². The van der Waals surface area contributed by atoms with Crippen LogP contribution in [0, 0.1) is 20.8 Å². The lowest BCUT2D eigenvalue weighted by molar-refractivity contribution is -0.115. The number of ether oxygens (including phenoxy) is 1. The first-order valence-electron chi connectivity index (χ1n) is 13.2. The summed E-state index contributed by atoms with van der Waals surface area (Å²) in [6, 6.07) is 19.4. The van der Waals surface area contributed by atoms with E-state index in [1.165, 1.54) is 0 Å². The number of carbonyl (C=O) groups is 1. The Balaban J connectivity index is 1.66. The number of benzene rings is 2. The number of amides is 1. The highest BCUT2D eigenvalue weighted by Gasteiger charge is 2.42. The molecule has 0 radical (unpaired) electrons.